The monoisotopic (exact) mass is 323 g/mol. The Morgan fingerprint density at radius 1 is 1.24 bits per heavy atom. The van der Waals surface area contributed by atoms with Crippen LogP contribution in [0.3, 0.4) is 0 Å². The van der Waals surface area contributed by atoms with E-state index in [4.69, 9.17) is 11.6 Å². The van der Waals surface area contributed by atoms with Gasteiger partial charge in [0, 0.05) is 16.7 Å². The molecule has 0 spiro atoms. The Kier molecular flexibility index (Phi) is 6.09. The number of thioether (sulfide) groups is 1. The van der Waals surface area contributed by atoms with Gasteiger partial charge < -0.3 is 5.32 Å². The van der Waals surface area contributed by atoms with E-state index in [0.717, 1.165) is 17.0 Å². The lowest BCUT2D eigenvalue weighted by Gasteiger charge is -2.14. The molecule has 1 N–H and O–H groups in total. The third kappa shape index (κ3) is 4.47. The minimum atomic E-state index is -0.357. The average molecular weight is 324 g/mol. The number of hydrogen-bond acceptors (Lipinski definition) is 2. The quantitative estimate of drug-likeness (QED) is 0.710. The van der Waals surface area contributed by atoms with Crippen molar-refractivity contribution in [1.29, 1.82) is 0 Å². The van der Waals surface area contributed by atoms with Crippen molar-refractivity contribution in [1.82, 2.24) is 5.32 Å². The fraction of sp³-hybridized carbons (Fsp3) is 0.294. The molecule has 0 heterocycles. The standard InChI is InChI=1S/C17H19ClFNS/c1-3-20-12(2)13-6-4-8-15(10-13)21-11-14-7-5-9-16(19)17(14)18/h4-10,12,20H,3,11H2,1-2H3. The van der Waals surface area contributed by atoms with Crippen molar-refractivity contribution >= 4 is 23.4 Å². The van der Waals surface area contributed by atoms with E-state index >= 15 is 0 Å². The van der Waals surface area contributed by atoms with Gasteiger partial charge in [0.05, 0.1) is 5.02 Å². The number of hydrogen-bond donors (Lipinski definition) is 1. The molecule has 0 fully saturated rings. The van der Waals surface area contributed by atoms with Crippen molar-refractivity contribution < 1.29 is 4.39 Å². The summed E-state index contributed by atoms with van der Waals surface area (Å²) in [6.45, 7) is 5.19. The Morgan fingerprint density at radius 2 is 2.00 bits per heavy atom. The first kappa shape index (κ1) is 16.3. The lowest BCUT2D eigenvalue weighted by molar-refractivity contribution is 0.597. The first-order valence-electron chi connectivity index (χ1n) is 7.01. The second kappa shape index (κ2) is 7.83. The van der Waals surface area contributed by atoms with Crippen LogP contribution in [0.15, 0.2) is 47.4 Å². The molecule has 0 amide bonds. The van der Waals surface area contributed by atoms with Crippen LogP contribution in [0.25, 0.3) is 0 Å². The third-order valence-electron chi connectivity index (χ3n) is 3.29. The number of halogens is 2. The van der Waals surface area contributed by atoms with Crippen LogP contribution >= 0.6 is 23.4 Å². The number of nitrogens with one attached hydrogen (secondary N) is 1. The highest BCUT2D eigenvalue weighted by molar-refractivity contribution is 7.98. The topological polar surface area (TPSA) is 12.0 Å². The predicted molar refractivity (Wildman–Crippen MR) is 89.5 cm³/mol. The molecule has 2 rings (SSSR count). The van der Waals surface area contributed by atoms with E-state index in [0.29, 0.717) is 11.8 Å². The Hall–Kier alpha value is -1.03. The zero-order valence-corrected chi connectivity index (χ0v) is 13.8. The molecule has 1 atom stereocenters. The van der Waals surface area contributed by atoms with Crippen LogP contribution in [0, 0.1) is 5.82 Å². The largest absolute Gasteiger partial charge is 0.310 e. The lowest BCUT2D eigenvalue weighted by Crippen LogP contribution is -2.17. The molecule has 2 aromatic carbocycles. The van der Waals surface area contributed by atoms with Crippen molar-refractivity contribution in [2.75, 3.05) is 6.54 Å². The van der Waals surface area contributed by atoms with Gasteiger partial charge in [-0.3, -0.25) is 0 Å². The Labute approximate surface area is 134 Å². The Balaban J connectivity index is 2.06. The lowest BCUT2D eigenvalue weighted by atomic mass is 10.1. The molecule has 0 aromatic heterocycles. The summed E-state index contributed by atoms with van der Waals surface area (Å²) < 4.78 is 13.4. The van der Waals surface area contributed by atoms with Gasteiger partial charge >= 0.3 is 0 Å². The summed E-state index contributed by atoms with van der Waals surface area (Å²) in [6.07, 6.45) is 0. The van der Waals surface area contributed by atoms with E-state index in [9.17, 15) is 4.39 Å². The van der Waals surface area contributed by atoms with Gasteiger partial charge in [-0.05, 0) is 42.8 Å². The summed E-state index contributed by atoms with van der Waals surface area (Å²) in [5, 5.41) is 3.62. The van der Waals surface area contributed by atoms with E-state index < -0.39 is 0 Å². The van der Waals surface area contributed by atoms with Crippen molar-refractivity contribution in [3.05, 3.63) is 64.4 Å². The molecule has 1 nitrogen and oxygen atoms in total. The first-order chi connectivity index (χ1) is 10.1. The maximum atomic E-state index is 13.4. The van der Waals surface area contributed by atoms with Crippen LogP contribution < -0.4 is 5.32 Å². The highest BCUT2D eigenvalue weighted by Crippen LogP contribution is 2.29. The molecule has 112 valence electrons. The molecule has 1 unspecified atom stereocenters. The van der Waals surface area contributed by atoms with Gasteiger partial charge in [-0.15, -0.1) is 11.8 Å². The van der Waals surface area contributed by atoms with Crippen molar-refractivity contribution in [2.45, 2.75) is 30.5 Å². The zero-order valence-electron chi connectivity index (χ0n) is 12.2. The maximum Gasteiger partial charge on any atom is 0.142 e. The molecule has 0 saturated heterocycles. The van der Waals surface area contributed by atoms with Crippen LogP contribution in [-0.4, -0.2) is 6.54 Å². The van der Waals surface area contributed by atoms with E-state index in [1.54, 1.807) is 17.8 Å². The fourth-order valence-corrected chi connectivity index (χ4v) is 3.35. The number of benzene rings is 2. The SMILES string of the molecule is CCNC(C)c1cccc(SCc2cccc(F)c2Cl)c1. The summed E-state index contributed by atoms with van der Waals surface area (Å²) in [5.41, 5.74) is 2.08. The predicted octanol–water partition coefficient (Wildman–Crippen LogP) is 5.44. The summed E-state index contributed by atoms with van der Waals surface area (Å²) in [5.74, 6) is 0.305. The van der Waals surface area contributed by atoms with E-state index in [2.05, 4.69) is 43.4 Å². The van der Waals surface area contributed by atoms with Crippen molar-refractivity contribution in [2.24, 2.45) is 0 Å². The third-order valence-corrected chi connectivity index (χ3v) is 4.76. The summed E-state index contributed by atoms with van der Waals surface area (Å²) in [4.78, 5) is 1.16. The Morgan fingerprint density at radius 3 is 2.76 bits per heavy atom. The van der Waals surface area contributed by atoms with Crippen LogP contribution in [0.4, 0.5) is 4.39 Å². The fourth-order valence-electron chi connectivity index (χ4n) is 2.12. The van der Waals surface area contributed by atoms with Gasteiger partial charge in [0.1, 0.15) is 5.82 Å². The number of rotatable bonds is 6. The molecule has 0 saturated carbocycles. The molecule has 0 aliphatic heterocycles. The second-order valence-corrected chi connectivity index (χ2v) is 6.28. The van der Waals surface area contributed by atoms with Gasteiger partial charge in [0.25, 0.3) is 0 Å². The van der Waals surface area contributed by atoms with Gasteiger partial charge in [-0.1, -0.05) is 42.8 Å². The van der Waals surface area contributed by atoms with Gasteiger partial charge in [0.2, 0.25) is 0 Å². The van der Waals surface area contributed by atoms with Crippen molar-refractivity contribution in [3.8, 4) is 0 Å². The molecule has 21 heavy (non-hydrogen) atoms. The molecule has 0 radical (unpaired) electrons. The molecular weight excluding hydrogens is 305 g/mol. The molecule has 0 aliphatic rings. The average Bonchev–Trinajstić information content (AvgIpc) is 2.49. The van der Waals surface area contributed by atoms with Gasteiger partial charge in [-0.2, -0.15) is 0 Å². The highest BCUT2D eigenvalue weighted by atomic mass is 35.5. The second-order valence-electron chi connectivity index (χ2n) is 4.85. The van der Waals surface area contributed by atoms with Crippen LogP contribution in [-0.2, 0) is 5.75 Å². The van der Waals surface area contributed by atoms with Crippen LogP contribution in [0.5, 0.6) is 0 Å². The van der Waals surface area contributed by atoms with E-state index in [1.165, 1.54) is 11.6 Å². The molecule has 0 bridgehead atoms. The normalized spacial score (nSPS) is 12.4. The van der Waals surface area contributed by atoms with Crippen LogP contribution in [0.2, 0.25) is 5.02 Å². The van der Waals surface area contributed by atoms with E-state index in [-0.39, 0.29) is 10.8 Å². The maximum absolute atomic E-state index is 13.4. The highest BCUT2D eigenvalue weighted by Gasteiger charge is 2.08. The van der Waals surface area contributed by atoms with Gasteiger partial charge in [-0.25, -0.2) is 4.39 Å². The minimum absolute atomic E-state index is 0.224. The summed E-state index contributed by atoms with van der Waals surface area (Å²) >= 11 is 7.65. The van der Waals surface area contributed by atoms with E-state index in [1.807, 2.05) is 6.07 Å². The Bertz CT molecular complexity index is 603. The minimum Gasteiger partial charge on any atom is -0.310 e. The van der Waals surface area contributed by atoms with Crippen molar-refractivity contribution in [3.63, 3.8) is 0 Å². The summed E-state index contributed by atoms with van der Waals surface area (Å²) in [7, 11) is 0. The molecule has 0 aliphatic carbocycles. The zero-order chi connectivity index (χ0) is 15.2. The summed E-state index contributed by atoms with van der Waals surface area (Å²) in [6, 6.07) is 13.7. The smallest absolute Gasteiger partial charge is 0.142 e. The molecule has 2 aromatic rings. The van der Waals surface area contributed by atoms with Crippen LogP contribution in [0.1, 0.15) is 31.0 Å². The first-order valence-corrected chi connectivity index (χ1v) is 8.37. The molecular formula is C17H19ClFNS. The van der Waals surface area contributed by atoms with Gasteiger partial charge in [0.15, 0.2) is 0 Å². The molecule has 4 heteroatoms.